The number of carbonyl (C=O) groups is 1. The number of halogens is 3. The van der Waals surface area contributed by atoms with Crippen LogP contribution in [0.15, 0.2) is 53.9 Å². The molecule has 3 aromatic rings. The summed E-state index contributed by atoms with van der Waals surface area (Å²) in [5.74, 6) is 0.000845. The van der Waals surface area contributed by atoms with Gasteiger partial charge in [0.2, 0.25) is 0 Å². The van der Waals surface area contributed by atoms with Crippen molar-refractivity contribution in [2.24, 2.45) is 0 Å². The molecule has 4 nitrogen and oxygen atoms in total. The molecule has 0 spiro atoms. The van der Waals surface area contributed by atoms with Crippen LogP contribution in [0.4, 0.5) is 13.2 Å². The highest BCUT2D eigenvalue weighted by atomic mass is 32.1. The molecule has 0 fully saturated rings. The predicted molar refractivity (Wildman–Crippen MR) is 102 cm³/mol. The highest BCUT2D eigenvalue weighted by Gasteiger charge is 2.34. The van der Waals surface area contributed by atoms with Gasteiger partial charge in [0.1, 0.15) is 10.8 Å². The number of nitrogens with one attached hydrogen (secondary N) is 1. The summed E-state index contributed by atoms with van der Waals surface area (Å²) in [6.45, 7) is 0.191. The molecule has 1 heterocycles. The zero-order chi connectivity index (χ0) is 20.1. The van der Waals surface area contributed by atoms with Gasteiger partial charge in [0.15, 0.2) is 0 Å². The minimum atomic E-state index is -4.57. The van der Waals surface area contributed by atoms with Crippen molar-refractivity contribution in [3.8, 4) is 16.3 Å². The number of alkyl halides is 3. The van der Waals surface area contributed by atoms with Gasteiger partial charge in [0, 0.05) is 23.9 Å². The molecule has 1 N–H and O–H groups in total. The van der Waals surface area contributed by atoms with Crippen LogP contribution in [0.5, 0.6) is 5.75 Å². The van der Waals surface area contributed by atoms with E-state index in [0.717, 1.165) is 28.1 Å². The Morgan fingerprint density at radius 2 is 1.86 bits per heavy atom. The second-order valence-corrected chi connectivity index (χ2v) is 6.78. The average Bonchev–Trinajstić information content (AvgIpc) is 3.16. The van der Waals surface area contributed by atoms with Gasteiger partial charge in [-0.2, -0.15) is 13.2 Å². The van der Waals surface area contributed by atoms with Crippen LogP contribution >= 0.6 is 11.3 Å². The van der Waals surface area contributed by atoms with E-state index in [4.69, 9.17) is 4.74 Å². The molecular weight excluding hydrogens is 389 g/mol. The first kappa shape index (κ1) is 19.9. The summed E-state index contributed by atoms with van der Waals surface area (Å²) in [5, 5.41) is 5.23. The number of nitrogens with zero attached hydrogens (tertiary/aromatic N) is 1. The lowest BCUT2D eigenvalue weighted by Gasteiger charge is -2.12. The van der Waals surface area contributed by atoms with Gasteiger partial charge >= 0.3 is 6.18 Å². The molecule has 0 aliphatic carbocycles. The number of benzene rings is 2. The average molecular weight is 406 g/mol. The Morgan fingerprint density at radius 3 is 2.54 bits per heavy atom. The van der Waals surface area contributed by atoms with Gasteiger partial charge in [-0.3, -0.25) is 4.79 Å². The molecule has 1 aromatic heterocycles. The molecule has 2 aromatic carbocycles. The molecule has 0 atom stereocenters. The van der Waals surface area contributed by atoms with Crippen molar-refractivity contribution in [2.45, 2.75) is 12.6 Å². The minimum Gasteiger partial charge on any atom is -0.497 e. The standard InChI is InChI=1S/C20H17F3N2O2S/c1-27-15-8-6-13(7-9-15)19-25-14(12-28-19)10-11-24-18(26)16-4-2-3-5-17(16)20(21,22)23/h2-9,12H,10-11H2,1H3,(H,24,26). The van der Waals surface area contributed by atoms with Gasteiger partial charge in [-0.25, -0.2) is 4.98 Å². The van der Waals surface area contributed by atoms with Crippen LogP contribution in [-0.4, -0.2) is 24.5 Å². The number of aromatic nitrogens is 1. The zero-order valence-electron chi connectivity index (χ0n) is 14.9. The number of methoxy groups -OCH3 is 1. The first-order valence-corrected chi connectivity index (χ1v) is 9.29. The maximum Gasteiger partial charge on any atom is 0.417 e. The Bertz CT molecular complexity index is 953. The Balaban J connectivity index is 1.60. The number of thiazole rings is 1. The van der Waals surface area contributed by atoms with Crippen molar-refractivity contribution in [2.75, 3.05) is 13.7 Å². The van der Waals surface area contributed by atoms with E-state index in [1.807, 2.05) is 29.6 Å². The Morgan fingerprint density at radius 1 is 1.14 bits per heavy atom. The molecule has 0 unspecified atom stereocenters. The lowest BCUT2D eigenvalue weighted by molar-refractivity contribution is -0.137. The number of ether oxygens (including phenoxy) is 1. The highest BCUT2D eigenvalue weighted by Crippen LogP contribution is 2.31. The van der Waals surface area contributed by atoms with Crippen LogP contribution < -0.4 is 10.1 Å². The topological polar surface area (TPSA) is 51.2 Å². The maximum atomic E-state index is 13.0. The van der Waals surface area contributed by atoms with Crippen LogP contribution in [0.2, 0.25) is 0 Å². The molecular formula is C20H17F3N2O2S. The second-order valence-electron chi connectivity index (χ2n) is 5.92. The molecule has 0 radical (unpaired) electrons. The molecule has 146 valence electrons. The minimum absolute atomic E-state index is 0.191. The summed E-state index contributed by atoms with van der Waals surface area (Å²) in [5.41, 5.74) is 0.385. The Kier molecular flexibility index (Phi) is 5.99. The zero-order valence-corrected chi connectivity index (χ0v) is 15.7. The Hall–Kier alpha value is -2.87. The maximum absolute atomic E-state index is 13.0. The third-order valence-corrected chi connectivity index (χ3v) is 4.97. The molecule has 0 aliphatic rings. The van der Waals surface area contributed by atoms with Gasteiger partial charge < -0.3 is 10.1 Å². The lowest BCUT2D eigenvalue weighted by Crippen LogP contribution is -2.28. The fraction of sp³-hybridized carbons (Fsp3) is 0.200. The van der Waals surface area contributed by atoms with Crippen molar-refractivity contribution < 1.29 is 22.7 Å². The van der Waals surface area contributed by atoms with E-state index in [1.165, 1.54) is 29.5 Å². The van der Waals surface area contributed by atoms with Gasteiger partial charge in [-0.05, 0) is 36.4 Å². The number of carbonyl (C=O) groups excluding carboxylic acids is 1. The van der Waals surface area contributed by atoms with Crippen molar-refractivity contribution in [3.05, 3.63) is 70.7 Å². The first-order valence-electron chi connectivity index (χ1n) is 8.41. The van der Waals surface area contributed by atoms with Crippen molar-refractivity contribution in [3.63, 3.8) is 0 Å². The summed E-state index contributed by atoms with van der Waals surface area (Å²) < 4.78 is 44.2. The van der Waals surface area contributed by atoms with Crippen molar-refractivity contribution in [1.29, 1.82) is 0 Å². The van der Waals surface area contributed by atoms with Crippen molar-refractivity contribution >= 4 is 17.2 Å². The molecule has 28 heavy (non-hydrogen) atoms. The predicted octanol–water partition coefficient (Wildman–Crippen LogP) is 4.81. The Labute approximate surface area is 164 Å². The number of hydrogen-bond acceptors (Lipinski definition) is 4. The van der Waals surface area contributed by atoms with E-state index in [1.54, 1.807) is 7.11 Å². The number of hydrogen-bond donors (Lipinski definition) is 1. The molecule has 0 aliphatic heterocycles. The third kappa shape index (κ3) is 4.69. The summed E-state index contributed by atoms with van der Waals surface area (Å²) in [6.07, 6.45) is -4.15. The normalized spacial score (nSPS) is 11.3. The third-order valence-electron chi connectivity index (χ3n) is 4.03. The van der Waals surface area contributed by atoms with Gasteiger partial charge in [-0.1, -0.05) is 12.1 Å². The largest absolute Gasteiger partial charge is 0.497 e. The molecule has 1 amide bonds. The van der Waals surface area contributed by atoms with Crippen LogP contribution in [0.25, 0.3) is 10.6 Å². The van der Waals surface area contributed by atoms with Crippen LogP contribution in [0.1, 0.15) is 21.6 Å². The first-order chi connectivity index (χ1) is 13.4. The smallest absolute Gasteiger partial charge is 0.417 e. The summed E-state index contributed by atoms with van der Waals surface area (Å²) in [6, 6.07) is 12.2. The van der Waals surface area contributed by atoms with Crippen molar-refractivity contribution in [1.82, 2.24) is 10.3 Å². The SMILES string of the molecule is COc1ccc(-c2nc(CCNC(=O)c3ccccc3C(F)(F)F)cs2)cc1. The van der Waals surface area contributed by atoms with Gasteiger partial charge in [0.05, 0.1) is 23.9 Å². The second kappa shape index (κ2) is 8.43. The van der Waals surface area contributed by atoms with E-state index in [2.05, 4.69) is 10.3 Å². The monoisotopic (exact) mass is 406 g/mol. The molecule has 0 saturated carbocycles. The molecule has 3 rings (SSSR count). The fourth-order valence-corrected chi connectivity index (χ4v) is 3.48. The van der Waals surface area contributed by atoms with Gasteiger partial charge in [-0.15, -0.1) is 11.3 Å². The van der Waals surface area contributed by atoms with Crippen LogP contribution in [-0.2, 0) is 12.6 Å². The van der Waals surface area contributed by atoms with Crippen LogP contribution in [0, 0.1) is 0 Å². The quantitative estimate of drug-likeness (QED) is 0.639. The van der Waals surface area contributed by atoms with E-state index in [0.29, 0.717) is 6.42 Å². The van der Waals surface area contributed by atoms with E-state index in [-0.39, 0.29) is 12.1 Å². The van der Waals surface area contributed by atoms with Crippen LogP contribution in [0.3, 0.4) is 0 Å². The number of amides is 1. The summed E-state index contributed by atoms with van der Waals surface area (Å²) in [4.78, 5) is 16.7. The lowest BCUT2D eigenvalue weighted by atomic mass is 10.1. The van der Waals surface area contributed by atoms with Gasteiger partial charge in [0.25, 0.3) is 5.91 Å². The number of rotatable bonds is 6. The van der Waals surface area contributed by atoms with E-state index >= 15 is 0 Å². The van der Waals surface area contributed by atoms with E-state index < -0.39 is 17.6 Å². The summed E-state index contributed by atoms with van der Waals surface area (Å²) >= 11 is 1.46. The highest BCUT2D eigenvalue weighted by molar-refractivity contribution is 7.13. The summed E-state index contributed by atoms with van der Waals surface area (Å²) in [7, 11) is 1.60. The van der Waals surface area contributed by atoms with E-state index in [9.17, 15) is 18.0 Å². The fourth-order valence-electron chi connectivity index (χ4n) is 2.62. The molecule has 0 saturated heterocycles. The molecule has 8 heteroatoms. The molecule has 0 bridgehead atoms.